The summed E-state index contributed by atoms with van der Waals surface area (Å²) in [6.45, 7) is -0.163. The third kappa shape index (κ3) is 4.65. The van der Waals surface area contributed by atoms with Crippen molar-refractivity contribution in [2.75, 3.05) is 6.61 Å². The molecule has 0 amide bonds. The second-order valence-corrected chi connectivity index (χ2v) is 7.20. The highest BCUT2D eigenvalue weighted by atomic mass is 19.1. The third-order valence-corrected chi connectivity index (χ3v) is 5.03. The minimum atomic E-state index is -0.653. The Morgan fingerprint density at radius 2 is 1.79 bits per heavy atom. The highest BCUT2D eigenvalue weighted by Gasteiger charge is 2.30. The van der Waals surface area contributed by atoms with Crippen molar-refractivity contribution in [3.8, 4) is 5.75 Å². The van der Waals surface area contributed by atoms with Crippen LogP contribution in [0.25, 0.3) is 22.9 Å². The number of hydrogen-bond acceptors (Lipinski definition) is 4. The molecule has 1 aliphatic heterocycles. The van der Waals surface area contributed by atoms with Crippen molar-refractivity contribution in [1.82, 2.24) is 0 Å². The normalized spacial score (nSPS) is 22.2. The van der Waals surface area contributed by atoms with Crippen molar-refractivity contribution in [2.24, 2.45) is 0 Å². The first kappa shape index (κ1) is 19.6. The maximum absolute atomic E-state index is 13.1. The van der Waals surface area contributed by atoms with Gasteiger partial charge in [-0.2, -0.15) is 0 Å². The summed E-state index contributed by atoms with van der Waals surface area (Å²) in [5.74, 6) is 0.376. The SMILES string of the molecule is OC[C@@H]1C[C@H](O)C[C@H](Oc2c(/C=C/c3ccc(F)cc3)ccc3ccccc23)O1. The Morgan fingerprint density at radius 1 is 1.00 bits per heavy atom. The summed E-state index contributed by atoms with van der Waals surface area (Å²) in [7, 11) is 0. The number of halogens is 1. The van der Waals surface area contributed by atoms with Crippen LogP contribution in [0.1, 0.15) is 24.0 Å². The standard InChI is InChI=1S/C24H23FO4/c25-19-11-6-16(7-12-19)5-8-18-10-9-17-3-1-2-4-22(17)24(18)29-23-14-20(27)13-21(15-26)28-23/h1-12,20-21,23,26-27H,13-15H2/b8-5+/t20-,21-,23-/m0/s1. The van der Waals surface area contributed by atoms with Crippen LogP contribution in [0.4, 0.5) is 4.39 Å². The average molecular weight is 394 g/mol. The zero-order valence-electron chi connectivity index (χ0n) is 15.9. The fourth-order valence-corrected chi connectivity index (χ4v) is 3.56. The van der Waals surface area contributed by atoms with Gasteiger partial charge >= 0.3 is 0 Å². The predicted octanol–water partition coefficient (Wildman–Crippen LogP) is 4.39. The van der Waals surface area contributed by atoms with E-state index in [0.717, 1.165) is 21.9 Å². The summed E-state index contributed by atoms with van der Waals surface area (Å²) in [5.41, 5.74) is 1.72. The van der Waals surface area contributed by atoms with Crippen molar-refractivity contribution in [1.29, 1.82) is 0 Å². The summed E-state index contributed by atoms with van der Waals surface area (Å²) >= 11 is 0. The molecule has 3 aromatic carbocycles. The molecular weight excluding hydrogens is 371 g/mol. The number of aliphatic hydroxyl groups is 2. The lowest BCUT2D eigenvalue weighted by atomic mass is 10.0. The molecule has 3 aromatic rings. The second-order valence-electron chi connectivity index (χ2n) is 7.20. The third-order valence-electron chi connectivity index (χ3n) is 5.03. The largest absolute Gasteiger partial charge is 0.464 e. The van der Waals surface area contributed by atoms with Crippen LogP contribution < -0.4 is 4.74 Å². The van der Waals surface area contributed by atoms with Crippen LogP contribution >= 0.6 is 0 Å². The first-order valence-corrected chi connectivity index (χ1v) is 9.69. The van der Waals surface area contributed by atoms with Gasteiger partial charge < -0.3 is 19.7 Å². The molecular formula is C24H23FO4. The number of aliphatic hydroxyl groups excluding tert-OH is 2. The van der Waals surface area contributed by atoms with E-state index >= 15 is 0 Å². The Labute approximate surface area is 168 Å². The molecule has 29 heavy (non-hydrogen) atoms. The summed E-state index contributed by atoms with van der Waals surface area (Å²) < 4.78 is 25.1. The second kappa shape index (κ2) is 8.74. The number of benzene rings is 3. The van der Waals surface area contributed by atoms with E-state index in [-0.39, 0.29) is 12.4 Å². The maximum Gasteiger partial charge on any atom is 0.202 e. The van der Waals surface area contributed by atoms with Gasteiger partial charge in [-0.1, -0.05) is 60.7 Å². The number of hydrogen-bond donors (Lipinski definition) is 2. The van der Waals surface area contributed by atoms with Crippen LogP contribution in [-0.4, -0.2) is 35.3 Å². The molecule has 5 heteroatoms. The highest BCUT2D eigenvalue weighted by molar-refractivity contribution is 5.93. The average Bonchev–Trinajstić information content (AvgIpc) is 2.74. The lowest BCUT2D eigenvalue weighted by molar-refractivity contribution is -0.184. The van der Waals surface area contributed by atoms with Crippen LogP contribution in [0.5, 0.6) is 5.75 Å². The van der Waals surface area contributed by atoms with Gasteiger partial charge in [0, 0.05) is 23.8 Å². The molecule has 1 aliphatic rings. The first-order valence-electron chi connectivity index (χ1n) is 9.69. The van der Waals surface area contributed by atoms with Gasteiger partial charge in [-0.25, -0.2) is 4.39 Å². The first-order chi connectivity index (χ1) is 14.1. The van der Waals surface area contributed by atoms with E-state index in [4.69, 9.17) is 9.47 Å². The minimum absolute atomic E-state index is 0.163. The molecule has 0 aliphatic carbocycles. The Bertz CT molecular complexity index is 999. The zero-order valence-corrected chi connectivity index (χ0v) is 15.9. The summed E-state index contributed by atoms with van der Waals surface area (Å²) in [5, 5.41) is 21.5. The molecule has 3 atom stereocenters. The van der Waals surface area contributed by atoms with Gasteiger partial charge in [0.2, 0.25) is 6.29 Å². The van der Waals surface area contributed by atoms with Gasteiger partial charge in [0.05, 0.1) is 18.8 Å². The quantitative estimate of drug-likeness (QED) is 0.631. The van der Waals surface area contributed by atoms with Gasteiger partial charge in [0.1, 0.15) is 11.6 Å². The molecule has 0 saturated carbocycles. The van der Waals surface area contributed by atoms with E-state index in [2.05, 4.69) is 0 Å². The van der Waals surface area contributed by atoms with Crippen LogP contribution in [0.2, 0.25) is 0 Å². The molecule has 0 bridgehead atoms. The Kier molecular flexibility index (Phi) is 5.90. The molecule has 1 heterocycles. The van der Waals surface area contributed by atoms with Gasteiger partial charge in [-0.15, -0.1) is 0 Å². The minimum Gasteiger partial charge on any atom is -0.464 e. The van der Waals surface area contributed by atoms with Crippen LogP contribution in [0.15, 0.2) is 60.7 Å². The van der Waals surface area contributed by atoms with E-state index < -0.39 is 18.5 Å². The molecule has 0 radical (unpaired) electrons. The van der Waals surface area contributed by atoms with E-state index in [1.54, 1.807) is 12.1 Å². The van der Waals surface area contributed by atoms with E-state index in [0.29, 0.717) is 18.6 Å². The molecule has 1 fully saturated rings. The molecule has 150 valence electrons. The van der Waals surface area contributed by atoms with Gasteiger partial charge in [0.25, 0.3) is 0 Å². The Hall–Kier alpha value is -2.73. The van der Waals surface area contributed by atoms with Crippen LogP contribution in [0, 0.1) is 5.82 Å². The molecule has 0 unspecified atom stereocenters. The maximum atomic E-state index is 13.1. The molecule has 4 rings (SSSR count). The van der Waals surface area contributed by atoms with Gasteiger partial charge in [-0.05, 0) is 23.1 Å². The summed E-state index contributed by atoms with van der Waals surface area (Å²) in [4.78, 5) is 0. The molecule has 2 N–H and O–H groups in total. The highest BCUT2D eigenvalue weighted by Crippen LogP contribution is 2.34. The van der Waals surface area contributed by atoms with E-state index in [1.165, 1.54) is 12.1 Å². The topological polar surface area (TPSA) is 58.9 Å². The zero-order chi connectivity index (χ0) is 20.2. The monoisotopic (exact) mass is 394 g/mol. The fraction of sp³-hybridized carbons (Fsp3) is 0.250. The van der Waals surface area contributed by atoms with E-state index in [1.807, 2.05) is 48.6 Å². The number of ether oxygens (including phenoxy) is 2. The smallest absolute Gasteiger partial charge is 0.202 e. The summed E-state index contributed by atoms with van der Waals surface area (Å²) in [6.07, 6.45) is 2.85. The lowest BCUT2D eigenvalue weighted by Gasteiger charge is -2.32. The molecule has 1 saturated heterocycles. The summed E-state index contributed by atoms with van der Waals surface area (Å²) in [6, 6.07) is 18.1. The van der Waals surface area contributed by atoms with Gasteiger partial charge in [0.15, 0.2) is 0 Å². The number of rotatable bonds is 5. The number of fused-ring (bicyclic) bond motifs is 1. The molecule has 4 nitrogen and oxygen atoms in total. The van der Waals surface area contributed by atoms with Crippen molar-refractivity contribution < 1.29 is 24.1 Å². The predicted molar refractivity (Wildman–Crippen MR) is 111 cm³/mol. The van der Waals surface area contributed by atoms with Gasteiger partial charge in [-0.3, -0.25) is 0 Å². The molecule has 0 spiro atoms. The van der Waals surface area contributed by atoms with Crippen LogP contribution in [-0.2, 0) is 4.74 Å². The van der Waals surface area contributed by atoms with Crippen LogP contribution in [0.3, 0.4) is 0 Å². The van der Waals surface area contributed by atoms with E-state index in [9.17, 15) is 14.6 Å². The van der Waals surface area contributed by atoms with Crippen molar-refractivity contribution >= 4 is 22.9 Å². The van der Waals surface area contributed by atoms with Crippen molar-refractivity contribution in [3.63, 3.8) is 0 Å². The van der Waals surface area contributed by atoms with Crippen molar-refractivity contribution in [3.05, 3.63) is 77.6 Å². The lowest BCUT2D eigenvalue weighted by Crippen LogP contribution is -2.40. The van der Waals surface area contributed by atoms with Crippen molar-refractivity contribution in [2.45, 2.75) is 31.3 Å². The Balaban J connectivity index is 1.68. The Morgan fingerprint density at radius 3 is 2.59 bits per heavy atom. The fourth-order valence-electron chi connectivity index (χ4n) is 3.56. The molecule has 0 aromatic heterocycles.